The predicted octanol–water partition coefficient (Wildman–Crippen LogP) is 1.51. The molecule has 2 saturated heterocycles. The molecule has 1 aromatic rings. The number of ether oxygens (including phenoxy) is 2. The van der Waals surface area contributed by atoms with Gasteiger partial charge in [-0.05, 0) is 18.2 Å². The van der Waals surface area contributed by atoms with Gasteiger partial charge in [0.15, 0.2) is 0 Å². The highest BCUT2D eigenvalue weighted by molar-refractivity contribution is 6.30. The van der Waals surface area contributed by atoms with Crippen molar-refractivity contribution in [1.82, 2.24) is 9.80 Å². The molecule has 0 N–H and O–H groups in total. The summed E-state index contributed by atoms with van der Waals surface area (Å²) in [6.07, 6.45) is 0. The number of hydrogen-bond donors (Lipinski definition) is 0. The van der Waals surface area contributed by atoms with Gasteiger partial charge in [-0.2, -0.15) is 0 Å². The van der Waals surface area contributed by atoms with Gasteiger partial charge in [0.2, 0.25) is 0 Å². The lowest BCUT2D eigenvalue weighted by molar-refractivity contribution is -0.0256. The van der Waals surface area contributed by atoms with Gasteiger partial charge >= 0.3 is 0 Å². The molecule has 0 atom stereocenters. The molecule has 0 aromatic heterocycles. The fourth-order valence-electron chi connectivity index (χ4n) is 2.81. The first-order chi connectivity index (χ1) is 10.2. The van der Waals surface area contributed by atoms with Gasteiger partial charge in [0, 0.05) is 37.2 Å². The summed E-state index contributed by atoms with van der Waals surface area (Å²) in [5, 5.41) is 0.568. The highest BCUT2D eigenvalue weighted by atomic mass is 35.5. The van der Waals surface area contributed by atoms with Gasteiger partial charge in [-0.1, -0.05) is 11.6 Å². The number of carbonyl (C=O) groups excluding carboxylic acids is 1. The summed E-state index contributed by atoms with van der Waals surface area (Å²) in [4.78, 5) is 16.8. The number of benzene rings is 1. The zero-order chi connectivity index (χ0) is 14.8. The molecule has 1 amide bonds. The number of nitrogens with zero attached hydrogens (tertiary/aromatic N) is 2. The van der Waals surface area contributed by atoms with E-state index in [1.54, 1.807) is 25.3 Å². The molecule has 2 aliphatic heterocycles. The van der Waals surface area contributed by atoms with Crippen molar-refractivity contribution in [3.8, 4) is 5.75 Å². The normalized spacial score (nSPS) is 20.2. The van der Waals surface area contributed by atoms with Gasteiger partial charge in [-0.15, -0.1) is 0 Å². The highest BCUT2D eigenvalue weighted by Crippen LogP contribution is 2.27. The third-order valence-corrected chi connectivity index (χ3v) is 4.34. The Bertz CT molecular complexity index is 526. The minimum Gasteiger partial charge on any atom is -0.496 e. The van der Waals surface area contributed by atoms with E-state index < -0.39 is 0 Å². The number of methoxy groups -OCH3 is 1. The molecule has 3 rings (SSSR count). The Labute approximate surface area is 129 Å². The molecule has 5 nitrogen and oxygen atoms in total. The number of rotatable bonds is 3. The van der Waals surface area contributed by atoms with Crippen molar-refractivity contribution in [3.05, 3.63) is 28.8 Å². The monoisotopic (exact) mass is 310 g/mol. The van der Waals surface area contributed by atoms with Gasteiger partial charge in [-0.3, -0.25) is 9.69 Å². The van der Waals surface area contributed by atoms with E-state index in [9.17, 15) is 4.79 Å². The number of likely N-dealkylation sites (tertiary alicyclic amines) is 1. The summed E-state index contributed by atoms with van der Waals surface area (Å²) in [6, 6.07) is 5.58. The molecule has 114 valence electrons. The Morgan fingerprint density at radius 1 is 1.33 bits per heavy atom. The second-order valence-electron chi connectivity index (χ2n) is 5.36. The molecule has 0 aliphatic carbocycles. The SMILES string of the molecule is COc1cc(Cl)ccc1C(=O)N1CC(N2CCOCC2)C1. The summed E-state index contributed by atoms with van der Waals surface area (Å²) in [7, 11) is 1.55. The van der Waals surface area contributed by atoms with Crippen molar-refractivity contribution >= 4 is 17.5 Å². The predicted molar refractivity (Wildman–Crippen MR) is 80.1 cm³/mol. The van der Waals surface area contributed by atoms with Crippen molar-refractivity contribution in [2.75, 3.05) is 46.5 Å². The van der Waals surface area contributed by atoms with Crippen LogP contribution in [-0.4, -0.2) is 68.3 Å². The van der Waals surface area contributed by atoms with E-state index >= 15 is 0 Å². The first kappa shape index (κ1) is 14.6. The van der Waals surface area contributed by atoms with E-state index in [4.69, 9.17) is 21.1 Å². The largest absolute Gasteiger partial charge is 0.496 e. The Hall–Kier alpha value is -1.30. The minimum atomic E-state index is 0.00743. The van der Waals surface area contributed by atoms with Gasteiger partial charge in [0.05, 0.1) is 25.9 Å². The molecule has 0 bridgehead atoms. The van der Waals surface area contributed by atoms with Gasteiger partial charge in [0.25, 0.3) is 5.91 Å². The minimum absolute atomic E-state index is 0.00743. The molecule has 2 heterocycles. The zero-order valence-corrected chi connectivity index (χ0v) is 12.8. The van der Waals surface area contributed by atoms with Gasteiger partial charge in [0.1, 0.15) is 5.75 Å². The van der Waals surface area contributed by atoms with E-state index in [0.717, 1.165) is 39.4 Å². The summed E-state index contributed by atoms with van der Waals surface area (Å²) >= 11 is 5.93. The zero-order valence-electron chi connectivity index (χ0n) is 12.0. The Balaban J connectivity index is 1.62. The van der Waals surface area contributed by atoms with Crippen molar-refractivity contribution in [2.24, 2.45) is 0 Å². The second-order valence-corrected chi connectivity index (χ2v) is 5.79. The molecule has 2 aliphatic rings. The number of hydrogen-bond acceptors (Lipinski definition) is 4. The molecular weight excluding hydrogens is 292 g/mol. The topological polar surface area (TPSA) is 42.0 Å². The Morgan fingerprint density at radius 2 is 2.05 bits per heavy atom. The number of amides is 1. The fraction of sp³-hybridized carbons (Fsp3) is 0.533. The van der Waals surface area contributed by atoms with E-state index in [1.165, 1.54) is 0 Å². The van der Waals surface area contributed by atoms with Crippen molar-refractivity contribution in [3.63, 3.8) is 0 Å². The molecule has 2 fully saturated rings. The van der Waals surface area contributed by atoms with Crippen molar-refractivity contribution in [1.29, 1.82) is 0 Å². The molecule has 6 heteroatoms. The lowest BCUT2D eigenvalue weighted by atomic mass is 10.0. The highest BCUT2D eigenvalue weighted by Gasteiger charge is 2.36. The van der Waals surface area contributed by atoms with Crippen LogP contribution in [0.2, 0.25) is 5.02 Å². The quantitative estimate of drug-likeness (QED) is 0.848. The van der Waals surface area contributed by atoms with Crippen LogP contribution in [0.25, 0.3) is 0 Å². The van der Waals surface area contributed by atoms with Crippen LogP contribution < -0.4 is 4.74 Å². The third kappa shape index (κ3) is 3.00. The summed E-state index contributed by atoms with van der Waals surface area (Å²) < 4.78 is 10.6. The van der Waals surface area contributed by atoms with Crippen LogP contribution in [0.5, 0.6) is 5.75 Å². The van der Waals surface area contributed by atoms with Crippen LogP contribution in [0.1, 0.15) is 10.4 Å². The maximum absolute atomic E-state index is 12.5. The molecule has 0 radical (unpaired) electrons. The first-order valence-electron chi connectivity index (χ1n) is 7.13. The van der Waals surface area contributed by atoms with E-state index in [-0.39, 0.29) is 5.91 Å². The average molecular weight is 311 g/mol. The molecule has 1 aromatic carbocycles. The van der Waals surface area contributed by atoms with Crippen LogP contribution in [0.4, 0.5) is 0 Å². The van der Waals surface area contributed by atoms with Crippen LogP contribution in [0.3, 0.4) is 0 Å². The number of carbonyl (C=O) groups is 1. The second kappa shape index (κ2) is 6.22. The molecular formula is C15H19ClN2O3. The summed E-state index contributed by atoms with van der Waals surface area (Å²) in [5.74, 6) is 0.537. The number of halogens is 1. The van der Waals surface area contributed by atoms with Crippen LogP contribution in [-0.2, 0) is 4.74 Å². The van der Waals surface area contributed by atoms with E-state index in [0.29, 0.717) is 22.4 Å². The van der Waals surface area contributed by atoms with Gasteiger partial charge in [-0.25, -0.2) is 0 Å². The Morgan fingerprint density at radius 3 is 2.71 bits per heavy atom. The molecule has 0 saturated carbocycles. The Kier molecular flexibility index (Phi) is 4.33. The standard InChI is InChI=1S/C15H19ClN2O3/c1-20-14-8-11(16)2-3-13(14)15(19)18-9-12(10-18)17-4-6-21-7-5-17/h2-3,8,12H,4-7,9-10H2,1H3. The molecule has 21 heavy (non-hydrogen) atoms. The van der Waals surface area contributed by atoms with Crippen LogP contribution in [0.15, 0.2) is 18.2 Å². The van der Waals surface area contributed by atoms with Crippen molar-refractivity contribution < 1.29 is 14.3 Å². The fourth-order valence-corrected chi connectivity index (χ4v) is 2.97. The number of morpholine rings is 1. The van der Waals surface area contributed by atoms with Crippen molar-refractivity contribution in [2.45, 2.75) is 6.04 Å². The van der Waals surface area contributed by atoms with E-state index in [2.05, 4.69) is 4.90 Å². The first-order valence-corrected chi connectivity index (χ1v) is 7.51. The lowest BCUT2D eigenvalue weighted by Gasteiger charge is -2.46. The maximum atomic E-state index is 12.5. The molecule has 0 unspecified atom stereocenters. The van der Waals surface area contributed by atoms with Crippen LogP contribution in [0, 0.1) is 0 Å². The van der Waals surface area contributed by atoms with Crippen LogP contribution >= 0.6 is 11.6 Å². The van der Waals surface area contributed by atoms with E-state index in [1.807, 2.05) is 4.90 Å². The smallest absolute Gasteiger partial charge is 0.257 e. The molecule has 0 spiro atoms. The maximum Gasteiger partial charge on any atom is 0.257 e. The van der Waals surface area contributed by atoms with Gasteiger partial charge < -0.3 is 14.4 Å². The lowest BCUT2D eigenvalue weighted by Crippen LogP contribution is -2.62. The average Bonchev–Trinajstić information content (AvgIpc) is 2.46. The third-order valence-electron chi connectivity index (χ3n) is 4.11. The summed E-state index contributed by atoms with van der Waals surface area (Å²) in [5.41, 5.74) is 0.572. The summed E-state index contributed by atoms with van der Waals surface area (Å²) in [6.45, 7) is 5.02.